The van der Waals surface area contributed by atoms with Gasteiger partial charge in [0, 0.05) is 10.4 Å². The standard InChI is InChI=1S/C16H13ClN2O3S2/c17-11-2-1-3-12(8-11)21-5-6-22-14(20)9-24-16-13-4-7-23-15(13)18-10-19-16/h1-4,7-8,10H,5-6,9H2. The van der Waals surface area contributed by atoms with Crippen LogP contribution in [0, 0.1) is 0 Å². The molecule has 0 saturated heterocycles. The van der Waals surface area contributed by atoms with Gasteiger partial charge in [-0.15, -0.1) is 11.3 Å². The number of benzene rings is 1. The Hall–Kier alpha value is -1.83. The van der Waals surface area contributed by atoms with Crippen molar-refractivity contribution in [3.05, 3.63) is 47.1 Å². The van der Waals surface area contributed by atoms with E-state index in [2.05, 4.69) is 9.97 Å². The largest absolute Gasteiger partial charge is 0.490 e. The fourth-order valence-electron chi connectivity index (χ4n) is 1.92. The molecular formula is C16H13ClN2O3S2. The molecule has 2 aromatic heterocycles. The molecule has 24 heavy (non-hydrogen) atoms. The lowest BCUT2D eigenvalue weighted by Crippen LogP contribution is -2.13. The highest BCUT2D eigenvalue weighted by molar-refractivity contribution is 8.00. The number of rotatable bonds is 7. The monoisotopic (exact) mass is 380 g/mol. The zero-order valence-electron chi connectivity index (χ0n) is 12.5. The van der Waals surface area contributed by atoms with Crippen molar-refractivity contribution in [3.8, 4) is 5.75 Å². The van der Waals surface area contributed by atoms with Gasteiger partial charge in [-0.25, -0.2) is 9.97 Å². The smallest absolute Gasteiger partial charge is 0.316 e. The second-order valence-electron chi connectivity index (χ2n) is 4.63. The molecule has 0 aliphatic carbocycles. The van der Waals surface area contributed by atoms with Crippen molar-refractivity contribution in [2.75, 3.05) is 19.0 Å². The molecule has 0 spiro atoms. The maximum absolute atomic E-state index is 11.8. The Kier molecular flexibility index (Phi) is 5.90. The summed E-state index contributed by atoms with van der Waals surface area (Å²) in [6.45, 7) is 0.461. The summed E-state index contributed by atoms with van der Waals surface area (Å²) in [7, 11) is 0. The van der Waals surface area contributed by atoms with Crippen molar-refractivity contribution >= 4 is 50.9 Å². The highest BCUT2D eigenvalue weighted by atomic mass is 35.5. The molecule has 5 nitrogen and oxygen atoms in total. The van der Waals surface area contributed by atoms with Gasteiger partial charge in [0.15, 0.2) is 0 Å². The highest BCUT2D eigenvalue weighted by Gasteiger charge is 2.09. The third-order valence-electron chi connectivity index (χ3n) is 2.96. The second kappa shape index (κ2) is 8.32. The Labute approximate surface area is 152 Å². The van der Waals surface area contributed by atoms with Crippen LogP contribution in [-0.2, 0) is 9.53 Å². The number of fused-ring (bicyclic) bond motifs is 1. The Morgan fingerprint density at radius 1 is 1.25 bits per heavy atom. The number of carbonyl (C=O) groups excluding carboxylic acids is 1. The summed E-state index contributed by atoms with van der Waals surface area (Å²) >= 11 is 8.75. The van der Waals surface area contributed by atoms with E-state index in [1.54, 1.807) is 35.6 Å². The molecule has 0 fully saturated rings. The lowest BCUT2D eigenvalue weighted by atomic mass is 10.3. The first kappa shape index (κ1) is 17.0. The maximum atomic E-state index is 11.8. The third-order valence-corrected chi connectivity index (χ3v) is 5.00. The summed E-state index contributed by atoms with van der Waals surface area (Å²) in [5, 5.41) is 4.30. The molecule has 0 aliphatic rings. The molecule has 0 saturated carbocycles. The van der Waals surface area contributed by atoms with Crippen molar-refractivity contribution in [1.29, 1.82) is 0 Å². The van der Waals surface area contributed by atoms with Crippen molar-refractivity contribution < 1.29 is 14.3 Å². The van der Waals surface area contributed by atoms with E-state index in [0.29, 0.717) is 10.8 Å². The maximum Gasteiger partial charge on any atom is 0.316 e. The molecule has 0 radical (unpaired) electrons. The summed E-state index contributed by atoms with van der Waals surface area (Å²) < 4.78 is 10.6. The number of ether oxygens (including phenoxy) is 2. The number of thiophene rings is 1. The zero-order chi connectivity index (χ0) is 16.8. The normalized spacial score (nSPS) is 10.7. The van der Waals surface area contributed by atoms with E-state index < -0.39 is 0 Å². The predicted molar refractivity (Wildman–Crippen MR) is 96.0 cm³/mol. The van der Waals surface area contributed by atoms with Gasteiger partial charge in [0.2, 0.25) is 0 Å². The van der Waals surface area contributed by atoms with Crippen LogP contribution >= 0.6 is 34.7 Å². The van der Waals surface area contributed by atoms with Crippen LogP contribution in [0.4, 0.5) is 0 Å². The lowest BCUT2D eigenvalue weighted by molar-refractivity contribution is -0.141. The van der Waals surface area contributed by atoms with Crippen LogP contribution in [-0.4, -0.2) is 34.9 Å². The van der Waals surface area contributed by atoms with Crippen LogP contribution in [0.1, 0.15) is 0 Å². The summed E-state index contributed by atoms with van der Waals surface area (Å²) in [6.07, 6.45) is 1.51. The molecule has 0 unspecified atom stereocenters. The van der Waals surface area contributed by atoms with E-state index in [1.165, 1.54) is 18.1 Å². The van der Waals surface area contributed by atoms with Gasteiger partial charge >= 0.3 is 5.97 Å². The molecule has 0 amide bonds. The van der Waals surface area contributed by atoms with Gasteiger partial charge in [-0.3, -0.25) is 4.79 Å². The highest BCUT2D eigenvalue weighted by Crippen LogP contribution is 2.27. The molecule has 3 aromatic rings. The Balaban J connectivity index is 1.41. The van der Waals surface area contributed by atoms with Crippen molar-refractivity contribution in [2.45, 2.75) is 5.03 Å². The first-order valence-corrected chi connectivity index (χ1v) is 9.32. The lowest BCUT2D eigenvalue weighted by Gasteiger charge is -2.07. The SMILES string of the molecule is O=C(CSc1ncnc2sccc12)OCCOc1cccc(Cl)c1. The van der Waals surface area contributed by atoms with Gasteiger partial charge in [-0.2, -0.15) is 0 Å². The van der Waals surface area contributed by atoms with E-state index in [9.17, 15) is 4.79 Å². The number of nitrogens with zero attached hydrogens (tertiary/aromatic N) is 2. The Morgan fingerprint density at radius 2 is 2.17 bits per heavy atom. The Morgan fingerprint density at radius 3 is 3.04 bits per heavy atom. The number of hydrogen-bond acceptors (Lipinski definition) is 7. The van der Waals surface area contributed by atoms with Gasteiger partial charge in [-0.1, -0.05) is 29.4 Å². The second-order valence-corrected chi connectivity index (χ2v) is 6.93. The van der Waals surface area contributed by atoms with E-state index in [-0.39, 0.29) is 24.9 Å². The number of esters is 1. The summed E-state index contributed by atoms with van der Waals surface area (Å²) in [5.74, 6) is 0.532. The van der Waals surface area contributed by atoms with Crippen LogP contribution < -0.4 is 4.74 Å². The van der Waals surface area contributed by atoms with Gasteiger partial charge in [0.05, 0.1) is 5.75 Å². The average molecular weight is 381 g/mol. The molecule has 124 valence electrons. The van der Waals surface area contributed by atoms with Crippen LogP contribution in [0.25, 0.3) is 10.2 Å². The number of hydrogen-bond donors (Lipinski definition) is 0. The minimum absolute atomic E-state index is 0.184. The number of halogens is 1. The molecule has 0 atom stereocenters. The zero-order valence-corrected chi connectivity index (χ0v) is 14.9. The average Bonchev–Trinajstić information content (AvgIpc) is 3.06. The molecule has 3 rings (SSSR count). The summed E-state index contributed by atoms with van der Waals surface area (Å²) in [6, 6.07) is 9.02. The molecule has 1 aromatic carbocycles. The van der Waals surface area contributed by atoms with E-state index in [0.717, 1.165) is 15.2 Å². The number of carbonyl (C=O) groups is 1. The molecule has 0 bridgehead atoms. The third kappa shape index (κ3) is 4.59. The molecule has 0 aliphatic heterocycles. The first-order valence-electron chi connectivity index (χ1n) is 7.07. The van der Waals surface area contributed by atoms with Crippen molar-refractivity contribution in [2.24, 2.45) is 0 Å². The van der Waals surface area contributed by atoms with Crippen LogP contribution in [0.2, 0.25) is 5.02 Å². The van der Waals surface area contributed by atoms with Crippen molar-refractivity contribution in [3.63, 3.8) is 0 Å². The van der Waals surface area contributed by atoms with Crippen LogP contribution in [0.3, 0.4) is 0 Å². The molecule has 0 N–H and O–H groups in total. The summed E-state index contributed by atoms with van der Waals surface area (Å²) in [4.78, 5) is 21.1. The van der Waals surface area contributed by atoms with E-state index in [1.807, 2.05) is 11.4 Å². The number of thioether (sulfide) groups is 1. The first-order chi connectivity index (χ1) is 11.7. The van der Waals surface area contributed by atoms with Crippen LogP contribution in [0.5, 0.6) is 5.75 Å². The fourth-order valence-corrected chi connectivity index (χ4v) is 3.68. The minimum Gasteiger partial charge on any atom is -0.490 e. The molecule has 2 heterocycles. The van der Waals surface area contributed by atoms with Gasteiger partial charge in [0.1, 0.15) is 35.1 Å². The minimum atomic E-state index is -0.309. The van der Waals surface area contributed by atoms with Gasteiger partial charge in [0.25, 0.3) is 0 Å². The predicted octanol–water partition coefficient (Wildman–Crippen LogP) is 4.06. The fraction of sp³-hybridized carbons (Fsp3) is 0.188. The quantitative estimate of drug-likeness (QED) is 0.266. The van der Waals surface area contributed by atoms with Gasteiger partial charge < -0.3 is 9.47 Å². The topological polar surface area (TPSA) is 61.3 Å². The molecule has 8 heteroatoms. The summed E-state index contributed by atoms with van der Waals surface area (Å²) in [5.41, 5.74) is 0. The van der Waals surface area contributed by atoms with Crippen LogP contribution in [0.15, 0.2) is 47.1 Å². The number of aromatic nitrogens is 2. The van der Waals surface area contributed by atoms with Crippen molar-refractivity contribution in [1.82, 2.24) is 9.97 Å². The van der Waals surface area contributed by atoms with E-state index in [4.69, 9.17) is 21.1 Å². The Bertz CT molecular complexity index is 841. The van der Waals surface area contributed by atoms with Gasteiger partial charge in [-0.05, 0) is 29.6 Å². The molecular weight excluding hydrogens is 368 g/mol. The van der Waals surface area contributed by atoms with E-state index >= 15 is 0 Å².